The Labute approximate surface area is 225 Å². The van der Waals surface area contributed by atoms with Crippen molar-refractivity contribution in [1.82, 2.24) is 5.32 Å². The number of hydrogen-bond acceptors (Lipinski definition) is 8. The Bertz CT molecular complexity index is 936. The van der Waals surface area contributed by atoms with Crippen molar-refractivity contribution in [2.45, 2.75) is 40.4 Å². The summed E-state index contributed by atoms with van der Waals surface area (Å²) in [5, 5.41) is 5.37. The molecule has 0 saturated heterocycles. The zero-order valence-corrected chi connectivity index (χ0v) is 24.1. The molecule has 1 unspecified atom stereocenters. The highest BCUT2D eigenvalue weighted by molar-refractivity contribution is 14.1. The third kappa shape index (κ3) is 8.95. The fourth-order valence-electron chi connectivity index (χ4n) is 2.38. The number of benzene rings is 1. The van der Waals surface area contributed by atoms with Crippen molar-refractivity contribution in [3.05, 3.63) is 21.8 Å². The van der Waals surface area contributed by atoms with Crippen LogP contribution in [0.4, 0.5) is 5.69 Å². The van der Waals surface area contributed by atoms with E-state index in [2.05, 4.69) is 10.6 Å². The van der Waals surface area contributed by atoms with Gasteiger partial charge in [0.1, 0.15) is 13.2 Å². The molecular weight excluding hydrogens is 765 g/mol. The van der Waals surface area contributed by atoms with Gasteiger partial charge in [0.05, 0.1) is 21.4 Å². The van der Waals surface area contributed by atoms with Crippen LogP contribution in [0.3, 0.4) is 0 Å². The van der Waals surface area contributed by atoms with Crippen molar-refractivity contribution < 1.29 is 38.2 Å². The van der Waals surface area contributed by atoms with E-state index in [1.807, 2.05) is 67.8 Å². The number of esters is 3. The zero-order chi connectivity index (χ0) is 24.6. The Morgan fingerprint density at radius 2 is 1.44 bits per heavy atom. The van der Waals surface area contributed by atoms with E-state index in [0.29, 0.717) is 22.0 Å². The van der Waals surface area contributed by atoms with Crippen LogP contribution in [0.25, 0.3) is 0 Å². The fourth-order valence-corrected chi connectivity index (χ4v) is 6.61. The van der Waals surface area contributed by atoms with E-state index in [9.17, 15) is 24.0 Å². The molecule has 176 valence electrons. The number of carbonyl (C=O) groups is 5. The summed E-state index contributed by atoms with van der Waals surface area (Å²) in [4.78, 5) is 58.5. The van der Waals surface area contributed by atoms with Gasteiger partial charge in [0, 0.05) is 40.4 Å². The molecule has 32 heavy (non-hydrogen) atoms. The predicted molar refractivity (Wildman–Crippen MR) is 139 cm³/mol. The van der Waals surface area contributed by atoms with Gasteiger partial charge in [-0.2, -0.15) is 0 Å². The maximum atomic E-state index is 13.1. The summed E-state index contributed by atoms with van der Waals surface area (Å²) in [5.74, 6) is -2.47. The standard InChI is InChI=1S/C19H21I3N2O8/c1-8(25)24-18-16(21)13(7-31-10(3)27)15(20)14(17(18)22)19(29)23-5-12(32-11(4)28)6-30-9(2)26/h12H,5-7H2,1-4H3,(H,23,29)(H,24,25). The van der Waals surface area contributed by atoms with Crippen molar-refractivity contribution in [2.24, 2.45) is 0 Å². The smallest absolute Gasteiger partial charge is 0.303 e. The summed E-state index contributed by atoms with van der Waals surface area (Å²) in [6.45, 7) is 4.62. The van der Waals surface area contributed by atoms with Gasteiger partial charge in [-0.05, 0) is 67.8 Å². The molecule has 10 nitrogen and oxygen atoms in total. The monoisotopic (exact) mass is 786 g/mol. The SMILES string of the molecule is CC(=O)Nc1c(I)c(COC(C)=O)c(I)c(C(=O)NCC(COC(C)=O)OC(C)=O)c1I. The summed E-state index contributed by atoms with van der Waals surface area (Å²) < 4.78 is 16.7. The maximum Gasteiger partial charge on any atom is 0.303 e. The second-order valence-corrected chi connectivity index (χ2v) is 9.61. The number of ether oxygens (including phenoxy) is 3. The van der Waals surface area contributed by atoms with Gasteiger partial charge >= 0.3 is 17.9 Å². The summed E-state index contributed by atoms with van der Waals surface area (Å²) in [6, 6.07) is 0. The van der Waals surface area contributed by atoms with Gasteiger partial charge in [-0.1, -0.05) is 0 Å². The van der Waals surface area contributed by atoms with Crippen molar-refractivity contribution in [3.63, 3.8) is 0 Å². The van der Waals surface area contributed by atoms with E-state index in [1.54, 1.807) is 0 Å². The van der Waals surface area contributed by atoms with Crippen LogP contribution in [0.1, 0.15) is 43.6 Å². The van der Waals surface area contributed by atoms with Gasteiger partial charge < -0.3 is 24.8 Å². The van der Waals surface area contributed by atoms with Crippen molar-refractivity contribution in [2.75, 3.05) is 18.5 Å². The lowest BCUT2D eigenvalue weighted by molar-refractivity contribution is -0.155. The highest BCUT2D eigenvalue weighted by atomic mass is 127. The zero-order valence-electron chi connectivity index (χ0n) is 17.6. The molecule has 1 rings (SSSR count). The van der Waals surface area contributed by atoms with Gasteiger partial charge in [0.25, 0.3) is 5.91 Å². The summed E-state index contributed by atoms with van der Waals surface area (Å²) in [7, 11) is 0. The molecule has 0 aliphatic heterocycles. The first-order valence-electron chi connectivity index (χ1n) is 9.04. The third-order valence-corrected chi connectivity index (χ3v) is 7.11. The maximum absolute atomic E-state index is 13.1. The van der Waals surface area contributed by atoms with Crippen LogP contribution in [0.15, 0.2) is 0 Å². The van der Waals surface area contributed by atoms with Crippen LogP contribution >= 0.6 is 67.8 Å². The quantitative estimate of drug-likeness (QED) is 0.222. The second-order valence-electron chi connectivity index (χ2n) is 6.38. The molecule has 0 heterocycles. The number of rotatable bonds is 9. The number of halogens is 3. The van der Waals surface area contributed by atoms with Gasteiger partial charge in [-0.25, -0.2) is 0 Å². The number of carbonyl (C=O) groups excluding carboxylic acids is 5. The molecule has 0 aromatic heterocycles. The van der Waals surface area contributed by atoms with E-state index in [-0.39, 0.29) is 31.2 Å². The van der Waals surface area contributed by atoms with Crippen LogP contribution < -0.4 is 10.6 Å². The van der Waals surface area contributed by atoms with Gasteiger partial charge in [0.15, 0.2) is 6.10 Å². The van der Waals surface area contributed by atoms with Gasteiger partial charge in [-0.3, -0.25) is 24.0 Å². The molecule has 0 fully saturated rings. The number of anilines is 1. The van der Waals surface area contributed by atoms with Crippen molar-refractivity contribution in [3.8, 4) is 0 Å². The van der Waals surface area contributed by atoms with Gasteiger partial charge in [0.2, 0.25) is 5.91 Å². The highest BCUT2D eigenvalue weighted by Gasteiger charge is 2.26. The van der Waals surface area contributed by atoms with Crippen LogP contribution in [0, 0.1) is 10.7 Å². The van der Waals surface area contributed by atoms with E-state index in [1.165, 1.54) is 27.7 Å². The summed E-state index contributed by atoms with van der Waals surface area (Å²) >= 11 is 5.95. The second kappa shape index (κ2) is 13.5. The molecule has 1 aromatic carbocycles. The third-order valence-electron chi connectivity index (χ3n) is 3.65. The van der Waals surface area contributed by atoms with E-state index >= 15 is 0 Å². The van der Waals surface area contributed by atoms with E-state index < -0.39 is 29.9 Å². The van der Waals surface area contributed by atoms with Crippen LogP contribution in [-0.2, 0) is 40.0 Å². The molecule has 2 N–H and O–H groups in total. The lowest BCUT2D eigenvalue weighted by atomic mass is 10.1. The number of hydrogen-bond donors (Lipinski definition) is 2. The minimum absolute atomic E-state index is 0.0851. The predicted octanol–water partition coefficient (Wildman–Crippen LogP) is 2.75. The van der Waals surface area contributed by atoms with Crippen molar-refractivity contribution >= 4 is 103 Å². The fraction of sp³-hybridized carbons (Fsp3) is 0.421. The minimum atomic E-state index is -0.880. The number of nitrogens with one attached hydrogen (secondary N) is 2. The van der Waals surface area contributed by atoms with E-state index in [0.717, 1.165) is 0 Å². The first-order valence-corrected chi connectivity index (χ1v) is 12.3. The molecule has 0 aliphatic rings. The molecular formula is C19H21I3N2O8. The Kier molecular flexibility index (Phi) is 12.1. The lowest BCUT2D eigenvalue weighted by Crippen LogP contribution is -2.38. The lowest BCUT2D eigenvalue weighted by Gasteiger charge is -2.21. The molecule has 13 heteroatoms. The van der Waals surface area contributed by atoms with Crippen LogP contribution in [-0.4, -0.2) is 49.0 Å². The topological polar surface area (TPSA) is 137 Å². The molecule has 0 bridgehead atoms. The molecule has 0 saturated carbocycles. The molecule has 2 amide bonds. The Morgan fingerprint density at radius 1 is 0.844 bits per heavy atom. The normalized spacial score (nSPS) is 11.2. The minimum Gasteiger partial charge on any atom is -0.462 e. The Morgan fingerprint density at radius 3 is 1.94 bits per heavy atom. The molecule has 1 aromatic rings. The summed E-state index contributed by atoms with van der Waals surface area (Å²) in [6.07, 6.45) is -0.880. The summed E-state index contributed by atoms with van der Waals surface area (Å²) in [5.41, 5.74) is 1.24. The van der Waals surface area contributed by atoms with Crippen LogP contribution in [0.2, 0.25) is 0 Å². The van der Waals surface area contributed by atoms with Crippen molar-refractivity contribution in [1.29, 1.82) is 0 Å². The highest BCUT2D eigenvalue weighted by Crippen LogP contribution is 2.36. The average Bonchev–Trinajstić information content (AvgIpc) is 2.66. The Hall–Kier alpha value is -1.24. The molecule has 0 radical (unpaired) electrons. The Balaban J connectivity index is 3.29. The first kappa shape index (κ1) is 28.8. The largest absolute Gasteiger partial charge is 0.462 e. The number of amides is 2. The van der Waals surface area contributed by atoms with Crippen LogP contribution in [0.5, 0.6) is 0 Å². The van der Waals surface area contributed by atoms with E-state index in [4.69, 9.17) is 14.2 Å². The molecule has 1 atom stereocenters. The first-order chi connectivity index (χ1) is 14.8. The molecule has 0 spiro atoms. The van der Waals surface area contributed by atoms with Gasteiger partial charge in [-0.15, -0.1) is 0 Å². The average molecular weight is 786 g/mol. The molecule has 0 aliphatic carbocycles.